The van der Waals surface area contributed by atoms with Gasteiger partial charge in [0.25, 0.3) is 5.91 Å². The summed E-state index contributed by atoms with van der Waals surface area (Å²) in [5, 5.41) is 17.0. The Labute approximate surface area is 198 Å². The maximum Gasteiger partial charge on any atom is 0.272 e. The fraction of sp³-hybridized carbons (Fsp3) is 0.588. The van der Waals surface area contributed by atoms with E-state index >= 15 is 0 Å². The fourth-order valence-electron chi connectivity index (χ4n) is 6.67. The van der Waals surface area contributed by atoms with Gasteiger partial charge in [-0.05, 0) is 50.2 Å². The Kier molecular flexibility index (Phi) is 3.93. The molecule has 2 spiro atoms. The number of alkyl halides is 1. The minimum absolute atomic E-state index is 0.0984. The number of nitrogens with zero attached hydrogens (tertiary/aromatic N) is 3. The van der Waals surface area contributed by atoms with Crippen molar-refractivity contribution in [2.75, 3.05) is 13.1 Å². The van der Waals surface area contributed by atoms with E-state index in [0.717, 1.165) is 0 Å². The van der Waals surface area contributed by atoms with Gasteiger partial charge in [0, 0.05) is 18.0 Å². The van der Waals surface area contributed by atoms with Gasteiger partial charge in [-0.15, -0.1) is 11.6 Å². The minimum atomic E-state index is -1.21. The van der Waals surface area contributed by atoms with Crippen LogP contribution in [-0.2, 0) is 0 Å². The number of rotatable bonds is 1. The zero-order chi connectivity index (χ0) is 22.0. The number of aromatic amines is 1. The average molecular weight is 578 g/mol. The Bertz CT molecular complexity index is 1090. The summed E-state index contributed by atoms with van der Waals surface area (Å²) in [6.07, 6.45) is -1.21. The van der Waals surface area contributed by atoms with Gasteiger partial charge in [0.05, 0.1) is 14.5 Å². The maximum absolute atomic E-state index is 13.7. The summed E-state index contributed by atoms with van der Waals surface area (Å²) in [6.45, 7) is 0.662. The zero-order valence-corrected chi connectivity index (χ0v) is 19.9. The Hall–Kier alpha value is -1.54. The summed E-state index contributed by atoms with van der Waals surface area (Å²) in [7, 11) is 0. The molecule has 5 aliphatic rings. The molecule has 2 fully saturated rings. The van der Waals surface area contributed by atoms with Crippen LogP contribution >= 0.6 is 43.5 Å². The van der Waals surface area contributed by atoms with E-state index in [4.69, 9.17) is 33.8 Å². The Morgan fingerprint density at radius 1 is 1.26 bits per heavy atom. The van der Waals surface area contributed by atoms with E-state index in [2.05, 4.69) is 52.5 Å². The van der Waals surface area contributed by atoms with Crippen LogP contribution in [0.4, 0.5) is 0 Å². The minimum Gasteiger partial charge on any atom is -0.370 e. The highest BCUT2D eigenvalue weighted by Gasteiger charge is 2.79. The number of aliphatic hydroxyl groups is 1. The summed E-state index contributed by atoms with van der Waals surface area (Å²) in [5.41, 5.74) is 17.3. The topological polar surface area (TPSA) is 183 Å². The number of guanidine groups is 2. The molecule has 8 atom stereocenters. The first kappa shape index (κ1) is 20.1. The van der Waals surface area contributed by atoms with Crippen LogP contribution < -0.4 is 27.8 Å². The number of hydrogen-bond donors (Lipinski definition) is 7. The molecule has 0 bridgehead atoms. The fourth-order valence-corrected chi connectivity index (χ4v) is 8.19. The van der Waals surface area contributed by atoms with E-state index < -0.39 is 34.8 Å². The molecule has 0 radical (unpaired) electrons. The van der Waals surface area contributed by atoms with E-state index in [-0.39, 0.29) is 36.2 Å². The van der Waals surface area contributed by atoms with E-state index in [0.29, 0.717) is 26.9 Å². The molecule has 166 valence electrons. The highest BCUT2D eigenvalue weighted by Crippen LogP contribution is 2.65. The Morgan fingerprint density at radius 2 is 1.97 bits per heavy atom. The van der Waals surface area contributed by atoms with Crippen molar-refractivity contribution in [3.05, 3.63) is 20.3 Å². The number of aromatic nitrogens is 1. The molecule has 1 aromatic heterocycles. The SMILES string of the molecule is NC[C@@H]1[C@@H]2CN3C(=O)c4[nH]c(Br)c(Br)c4[C@@H]4N=C(N)NC43[C@@H]2[C@]2(NC(N)=N[C@@H]2O)[C@@H]1Cl. The molecule has 1 aliphatic carbocycles. The monoisotopic (exact) mass is 575 g/mol. The van der Waals surface area contributed by atoms with Gasteiger partial charge >= 0.3 is 0 Å². The number of carbonyl (C=O) groups excluding carboxylic acids is 1. The van der Waals surface area contributed by atoms with Gasteiger partial charge in [-0.3, -0.25) is 4.79 Å². The number of carbonyl (C=O) groups is 1. The summed E-state index contributed by atoms with van der Waals surface area (Å²) >= 11 is 14.0. The second-order valence-corrected chi connectivity index (χ2v) is 10.8. The lowest BCUT2D eigenvalue weighted by Crippen LogP contribution is -2.73. The second kappa shape index (κ2) is 6.07. The van der Waals surface area contributed by atoms with Crippen molar-refractivity contribution >= 4 is 61.3 Å². The number of halogens is 3. The van der Waals surface area contributed by atoms with Crippen LogP contribution in [-0.4, -0.2) is 68.7 Å². The van der Waals surface area contributed by atoms with E-state index in [1.54, 1.807) is 4.90 Å². The van der Waals surface area contributed by atoms with E-state index in [1.165, 1.54) is 0 Å². The zero-order valence-electron chi connectivity index (χ0n) is 15.9. The lowest BCUT2D eigenvalue weighted by Gasteiger charge is -2.51. The van der Waals surface area contributed by atoms with Crippen molar-refractivity contribution in [3.63, 3.8) is 0 Å². The summed E-state index contributed by atoms with van der Waals surface area (Å²) in [4.78, 5) is 27.4. The number of H-pyrrole nitrogens is 1. The van der Waals surface area contributed by atoms with Crippen LogP contribution in [0.5, 0.6) is 0 Å². The van der Waals surface area contributed by atoms with Crippen molar-refractivity contribution < 1.29 is 9.90 Å². The van der Waals surface area contributed by atoms with E-state index in [9.17, 15) is 9.90 Å². The molecule has 1 amide bonds. The third-order valence-electron chi connectivity index (χ3n) is 7.62. The molecule has 11 nitrogen and oxygen atoms in total. The van der Waals surface area contributed by atoms with Crippen LogP contribution in [0.25, 0.3) is 0 Å². The largest absolute Gasteiger partial charge is 0.370 e. The molecular formula is C17H20Br2ClN9O2. The van der Waals surface area contributed by atoms with Crippen molar-refractivity contribution in [2.24, 2.45) is 44.9 Å². The molecule has 14 heteroatoms. The highest BCUT2D eigenvalue weighted by atomic mass is 79.9. The molecule has 10 N–H and O–H groups in total. The highest BCUT2D eigenvalue weighted by molar-refractivity contribution is 9.13. The molecular weight excluding hydrogens is 558 g/mol. The normalized spacial score (nSPS) is 44.4. The standard InChI is InChI=1S/C17H20Br2ClN9O2/c18-6-5-7(24-11(6)19)12(30)29-2-4-3(1-21)9(20)16(13(31)26-15(23)27-16)8(4)17(29)10(5)25-14(22)28-17/h3-4,8-10,13,24,31H,1-2,21H2,(H3,22,25,28)(H3,23,26,27)/t3-,4+,8+,9-,10+,13-,16+,17?/m1/s1. The number of amides is 1. The molecule has 5 heterocycles. The molecule has 4 aliphatic heterocycles. The molecule has 1 saturated heterocycles. The number of hydrogen-bond acceptors (Lipinski definition) is 9. The predicted octanol–water partition coefficient (Wildman–Crippen LogP) is -0.932. The first-order chi connectivity index (χ1) is 14.7. The lowest BCUT2D eigenvalue weighted by molar-refractivity contribution is -0.0124. The van der Waals surface area contributed by atoms with Crippen LogP contribution in [0.15, 0.2) is 19.1 Å². The van der Waals surface area contributed by atoms with Crippen LogP contribution in [0.2, 0.25) is 0 Å². The molecule has 1 unspecified atom stereocenters. The third-order valence-corrected chi connectivity index (χ3v) is 10.3. The number of fused-ring (bicyclic) bond motifs is 4. The first-order valence-electron chi connectivity index (χ1n) is 9.82. The quantitative estimate of drug-likeness (QED) is 0.210. The van der Waals surface area contributed by atoms with Gasteiger partial charge in [-0.1, -0.05) is 0 Å². The van der Waals surface area contributed by atoms with Gasteiger partial charge in [0.15, 0.2) is 18.1 Å². The molecule has 1 aromatic rings. The van der Waals surface area contributed by atoms with Crippen molar-refractivity contribution in [1.82, 2.24) is 20.5 Å². The summed E-state index contributed by atoms with van der Waals surface area (Å²) < 4.78 is 1.34. The smallest absolute Gasteiger partial charge is 0.272 e. The van der Waals surface area contributed by atoms with Crippen LogP contribution in [0.3, 0.4) is 0 Å². The number of nitrogens with two attached hydrogens (primary N) is 3. The summed E-state index contributed by atoms with van der Waals surface area (Å²) in [6, 6.07) is -0.541. The molecule has 0 aromatic carbocycles. The molecule has 1 saturated carbocycles. The van der Waals surface area contributed by atoms with Crippen molar-refractivity contribution in [3.8, 4) is 0 Å². The van der Waals surface area contributed by atoms with Gasteiger partial charge in [-0.2, -0.15) is 0 Å². The Morgan fingerprint density at radius 3 is 2.61 bits per heavy atom. The van der Waals surface area contributed by atoms with Gasteiger partial charge < -0.3 is 42.8 Å². The lowest BCUT2D eigenvalue weighted by atomic mass is 9.70. The first-order valence-corrected chi connectivity index (χ1v) is 11.8. The van der Waals surface area contributed by atoms with E-state index in [1.807, 2.05) is 0 Å². The van der Waals surface area contributed by atoms with Gasteiger partial charge in [-0.25, -0.2) is 9.98 Å². The third kappa shape index (κ3) is 2.06. The van der Waals surface area contributed by atoms with Crippen molar-refractivity contribution in [1.29, 1.82) is 0 Å². The predicted molar refractivity (Wildman–Crippen MR) is 120 cm³/mol. The summed E-state index contributed by atoms with van der Waals surface area (Å²) in [5.74, 6) is -0.644. The average Bonchev–Trinajstić information content (AvgIpc) is 3.43. The van der Waals surface area contributed by atoms with Crippen LogP contribution in [0.1, 0.15) is 22.1 Å². The number of aliphatic imine (C=N–C) groups is 2. The number of aliphatic hydroxyl groups excluding tert-OH is 1. The van der Waals surface area contributed by atoms with Crippen LogP contribution in [0, 0.1) is 17.8 Å². The van der Waals surface area contributed by atoms with Gasteiger partial charge in [0.1, 0.15) is 22.9 Å². The van der Waals surface area contributed by atoms with Crippen molar-refractivity contribution in [2.45, 2.75) is 28.8 Å². The number of nitrogens with one attached hydrogen (secondary N) is 3. The molecule has 31 heavy (non-hydrogen) atoms. The maximum atomic E-state index is 13.7. The molecule has 6 rings (SSSR count). The Balaban J connectivity index is 1.62. The van der Waals surface area contributed by atoms with Gasteiger partial charge in [0.2, 0.25) is 0 Å². The second-order valence-electron chi connectivity index (χ2n) is 8.71.